The smallest absolute Gasteiger partial charge is 0.252 e. The summed E-state index contributed by atoms with van der Waals surface area (Å²) in [5.41, 5.74) is -0.351. The molecule has 0 saturated heterocycles. The normalized spacial score (nSPS) is 19.3. The summed E-state index contributed by atoms with van der Waals surface area (Å²) in [6, 6.07) is 9.69. The monoisotopic (exact) mass is 350 g/mol. The van der Waals surface area contributed by atoms with Crippen molar-refractivity contribution in [3.63, 3.8) is 0 Å². The first-order valence-electron chi connectivity index (χ1n) is 7.42. The number of halogens is 1. The molecule has 1 saturated carbocycles. The second kappa shape index (κ2) is 6.28. The first kappa shape index (κ1) is 14.7. The number of benzene rings is 1. The highest BCUT2D eigenvalue weighted by molar-refractivity contribution is 9.08. The number of nitrogens with zero attached hydrogens (tertiary/aromatic N) is 2. The van der Waals surface area contributed by atoms with Gasteiger partial charge in [-0.3, -0.25) is 0 Å². The van der Waals surface area contributed by atoms with Gasteiger partial charge in [0.25, 0.3) is 5.89 Å². The average molecular weight is 351 g/mol. The highest BCUT2D eigenvalue weighted by Gasteiger charge is 2.45. The van der Waals surface area contributed by atoms with Crippen LogP contribution in [0.25, 0.3) is 0 Å². The molecule has 1 N–H and O–H groups in total. The maximum atomic E-state index is 11.5. The molecular formula is C16H19BrN2O2. The molecule has 112 valence electrons. The second-order valence-electron chi connectivity index (χ2n) is 5.60. The van der Waals surface area contributed by atoms with Crippen molar-refractivity contribution in [1.82, 2.24) is 10.2 Å². The lowest BCUT2D eigenvalue weighted by Gasteiger charge is -2.36. The zero-order valence-corrected chi connectivity index (χ0v) is 13.4. The Morgan fingerprint density at radius 3 is 2.48 bits per heavy atom. The number of rotatable bonds is 4. The third-order valence-corrected chi connectivity index (χ3v) is 4.80. The molecule has 21 heavy (non-hydrogen) atoms. The molecule has 5 heteroatoms. The van der Waals surface area contributed by atoms with Crippen LogP contribution in [0.15, 0.2) is 34.7 Å². The fourth-order valence-corrected chi connectivity index (χ4v) is 3.43. The fraction of sp³-hybridized carbons (Fsp3) is 0.500. The fourth-order valence-electron chi connectivity index (χ4n) is 3.21. The van der Waals surface area contributed by atoms with E-state index in [4.69, 9.17) is 4.42 Å². The molecule has 0 spiro atoms. The summed E-state index contributed by atoms with van der Waals surface area (Å²) in [6.45, 7) is 0. The van der Waals surface area contributed by atoms with Crippen LogP contribution in [0, 0.1) is 5.92 Å². The summed E-state index contributed by atoms with van der Waals surface area (Å²) in [4.78, 5) is 0. The molecule has 0 amide bonds. The van der Waals surface area contributed by atoms with Crippen LogP contribution in [-0.2, 0) is 10.9 Å². The van der Waals surface area contributed by atoms with Crippen molar-refractivity contribution in [2.24, 2.45) is 5.92 Å². The Morgan fingerprint density at radius 1 is 1.14 bits per heavy atom. The van der Waals surface area contributed by atoms with Crippen LogP contribution < -0.4 is 0 Å². The predicted octanol–water partition coefficient (Wildman–Crippen LogP) is 3.78. The van der Waals surface area contributed by atoms with Gasteiger partial charge < -0.3 is 9.52 Å². The number of aliphatic hydroxyl groups is 1. The summed E-state index contributed by atoms with van der Waals surface area (Å²) in [5.74, 6) is 0.933. The Hall–Kier alpha value is -1.20. The molecule has 0 unspecified atom stereocenters. The van der Waals surface area contributed by atoms with Gasteiger partial charge in [-0.25, -0.2) is 0 Å². The van der Waals surface area contributed by atoms with Gasteiger partial charge in [0.2, 0.25) is 5.89 Å². The van der Waals surface area contributed by atoms with Gasteiger partial charge in [0, 0.05) is 5.92 Å². The van der Waals surface area contributed by atoms with E-state index in [1.807, 2.05) is 30.3 Å². The Bertz CT molecular complexity index is 581. The van der Waals surface area contributed by atoms with Gasteiger partial charge in [-0.15, -0.1) is 10.2 Å². The van der Waals surface area contributed by atoms with Crippen molar-refractivity contribution >= 4 is 15.9 Å². The van der Waals surface area contributed by atoms with E-state index in [9.17, 15) is 5.11 Å². The molecule has 1 aromatic heterocycles. The molecule has 0 bridgehead atoms. The van der Waals surface area contributed by atoms with Gasteiger partial charge in [-0.1, -0.05) is 65.5 Å². The third-order valence-electron chi connectivity index (χ3n) is 4.32. The maximum Gasteiger partial charge on any atom is 0.252 e. The van der Waals surface area contributed by atoms with E-state index in [0.29, 0.717) is 17.1 Å². The van der Waals surface area contributed by atoms with Crippen molar-refractivity contribution in [1.29, 1.82) is 0 Å². The van der Waals surface area contributed by atoms with E-state index in [1.165, 1.54) is 6.42 Å². The van der Waals surface area contributed by atoms with Crippen LogP contribution in [0.4, 0.5) is 0 Å². The summed E-state index contributed by atoms with van der Waals surface area (Å²) < 4.78 is 5.69. The van der Waals surface area contributed by atoms with Gasteiger partial charge in [-0.05, 0) is 18.4 Å². The van der Waals surface area contributed by atoms with E-state index in [2.05, 4.69) is 26.1 Å². The minimum absolute atomic E-state index is 0.122. The van der Waals surface area contributed by atoms with Gasteiger partial charge >= 0.3 is 0 Å². The van der Waals surface area contributed by atoms with Gasteiger partial charge in [-0.2, -0.15) is 0 Å². The van der Waals surface area contributed by atoms with Crippen LogP contribution in [0.1, 0.15) is 49.4 Å². The van der Waals surface area contributed by atoms with Crippen molar-refractivity contribution in [3.05, 3.63) is 47.7 Å². The van der Waals surface area contributed by atoms with Crippen LogP contribution in [0.2, 0.25) is 0 Å². The number of alkyl halides is 1. The number of hydrogen-bond acceptors (Lipinski definition) is 4. The molecule has 1 aliphatic rings. The highest BCUT2D eigenvalue weighted by Crippen LogP contribution is 2.43. The molecule has 0 radical (unpaired) electrons. The van der Waals surface area contributed by atoms with Crippen molar-refractivity contribution in [2.45, 2.75) is 43.0 Å². The van der Waals surface area contributed by atoms with Gasteiger partial charge in [0.1, 0.15) is 0 Å². The summed E-state index contributed by atoms with van der Waals surface area (Å²) in [7, 11) is 0. The number of aromatic nitrogens is 2. The largest absolute Gasteiger partial charge is 0.421 e. The minimum Gasteiger partial charge on any atom is -0.421 e. The Kier molecular flexibility index (Phi) is 4.40. The standard InChI is InChI=1S/C16H19BrN2O2/c17-11-14-18-19-15(21-14)16(20,12-7-3-1-4-8-12)13-9-5-2-6-10-13/h1,3-4,7-8,13,20H,2,5-6,9-11H2/t16-/m0/s1. The summed E-state index contributed by atoms with van der Waals surface area (Å²) in [6.07, 6.45) is 5.48. The Labute approximate surface area is 132 Å². The topological polar surface area (TPSA) is 59.2 Å². The summed E-state index contributed by atoms with van der Waals surface area (Å²) >= 11 is 3.31. The van der Waals surface area contributed by atoms with E-state index >= 15 is 0 Å². The zero-order chi connectivity index (χ0) is 14.7. The molecule has 1 aliphatic carbocycles. The van der Waals surface area contributed by atoms with E-state index < -0.39 is 5.60 Å². The van der Waals surface area contributed by atoms with Crippen molar-refractivity contribution < 1.29 is 9.52 Å². The van der Waals surface area contributed by atoms with E-state index in [-0.39, 0.29) is 5.92 Å². The maximum absolute atomic E-state index is 11.5. The number of hydrogen-bond donors (Lipinski definition) is 1. The van der Waals surface area contributed by atoms with Gasteiger partial charge in [0.15, 0.2) is 5.60 Å². The third kappa shape index (κ3) is 2.77. The Morgan fingerprint density at radius 2 is 1.86 bits per heavy atom. The average Bonchev–Trinajstić information content (AvgIpc) is 3.05. The van der Waals surface area contributed by atoms with Crippen LogP contribution in [-0.4, -0.2) is 15.3 Å². The lowest BCUT2D eigenvalue weighted by molar-refractivity contribution is -0.0238. The molecule has 4 nitrogen and oxygen atoms in total. The van der Waals surface area contributed by atoms with Crippen molar-refractivity contribution in [2.75, 3.05) is 0 Å². The quantitative estimate of drug-likeness (QED) is 0.852. The Balaban J connectivity index is 2.05. The SMILES string of the molecule is O[C@](c1ccccc1)(c1nnc(CBr)o1)C1CCCCC1. The molecule has 2 aromatic rings. The molecular weight excluding hydrogens is 332 g/mol. The zero-order valence-electron chi connectivity index (χ0n) is 11.8. The molecule has 1 fully saturated rings. The lowest BCUT2D eigenvalue weighted by Crippen LogP contribution is -2.38. The van der Waals surface area contributed by atoms with Crippen LogP contribution >= 0.6 is 15.9 Å². The van der Waals surface area contributed by atoms with E-state index in [0.717, 1.165) is 31.2 Å². The lowest BCUT2D eigenvalue weighted by atomic mass is 9.73. The second-order valence-corrected chi connectivity index (χ2v) is 6.16. The highest BCUT2D eigenvalue weighted by atomic mass is 79.9. The predicted molar refractivity (Wildman–Crippen MR) is 82.9 cm³/mol. The molecule has 3 rings (SSSR count). The first-order valence-corrected chi connectivity index (χ1v) is 8.54. The van der Waals surface area contributed by atoms with E-state index in [1.54, 1.807) is 0 Å². The molecule has 1 aromatic carbocycles. The first-order chi connectivity index (χ1) is 10.2. The van der Waals surface area contributed by atoms with Crippen LogP contribution in [0.5, 0.6) is 0 Å². The van der Waals surface area contributed by atoms with Crippen LogP contribution in [0.3, 0.4) is 0 Å². The van der Waals surface area contributed by atoms with Crippen molar-refractivity contribution in [3.8, 4) is 0 Å². The summed E-state index contributed by atoms with van der Waals surface area (Å²) in [5, 5.41) is 20.1. The minimum atomic E-state index is -1.19. The molecule has 1 heterocycles. The molecule has 1 atom stereocenters. The molecule has 0 aliphatic heterocycles. The van der Waals surface area contributed by atoms with Gasteiger partial charge in [0.05, 0.1) is 5.33 Å².